The fourth-order valence-electron chi connectivity index (χ4n) is 2.88. The van der Waals surface area contributed by atoms with Crippen LogP contribution >= 0.6 is 23.1 Å². The van der Waals surface area contributed by atoms with Crippen LogP contribution in [0.1, 0.15) is 16.9 Å². The quantitative estimate of drug-likeness (QED) is 0.332. The molecule has 0 fully saturated rings. The van der Waals surface area contributed by atoms with Gasteiger partial charge in [-0.15, -0.1) is 17.9 Å². The topological polar surface area (TPSA) is 90.3 Å². The molecule has 1 amide bonds. The van der Waals surface area contributed by atoms with E-state index in [0.29, 0.717) is 17.1 Å². The molecular formula is C17H19N3O4S2. The molecule has 0 bridgehead atoms. The number of rotatable bonds is 7. The number of carbonyl (C=O) groups is 2. The molecule has 0 unspecified atom stereocenters. The van der Waals surface area contributed by atoms with E-state index in [-0.39, 0.29) is 23.8 Å². The van der Waals surface area contributed by atoms with Gasteiger partial charge in [0.2, 0.25) is 5.91 Å². The molecule has 3 rings (SSSR count). The molecule has 0 atom stereocenters. The summed E-state index contributed by atoms with van der Waals surface area (Å²) in [5, 5.41) is 3.67. The zero-order chi connectivity index (χ0) is 18.7. The van der Waals surface area contributed by atoms with Crippen molar-refractivity contribution in [3.8, 4) is 0 Å². The smallest absolute Gasteiger partial charge is 0.325 e. The van der Waals surface area contributed by atoms with Gasteiger partial charge in [0, 0.05) is 11.4 Å². The third-order valence-electron chi connectivity index (χ3n) is 4.09. The van der Waals surface area contributed by atoms with E-state index in [0.717, 1.165) is 29.7 Å². The van der Waals surface area contributed by atoms with Crippen LogP contribution in [0.2, 0.25) is 0 Å². The lowest BCUT2D eigenvalue weighted by Crippen LogP contribution is -2.31. The van der Waals surface area contributed by atoms with Gasteiger partial charge in [0.25, 0.3) is 5.56 Å². The monoisotopic (exact) mass is 393 g/mol. The molecule has 7 nitrogen and oxygen atoms in total. The molecule has 1 aliphatic carbocycles. The summed E-state index contributed by atoms with van der Waals surface area (Å²) in [4.78, 5) is 42.5. The third-order valence-corrected chi connectivity index (χ3v) is 6.25. The van der Waals surface area contributed by atoms with Crippen molar-refractivity contribution in [1.82, 2.24) is 14.9 Å². The molecule has 1 aliphatic rings. The van der Waals surface area contributed by atoms with Gasteiger partial charge in [-0.2, -0.15) is 0 Å². The van der Waals surface area contributed by atoms with Crippen LogP contribution in [-0.4, -0.2) is 40.8 Å². The summed E-state index contributed by atoms with van der Waals surface area (Å²) in [6.45, 7) is 3.86. The summed E-state index contributed by atoms with van der Waals surface area (Å²) in [6.07, 6.45) is 4.64. The van der Waals surface area contributed by atoms with Crippen molar-refractivity contribution in [2.24, 2.45) is 0 Å². The van der Waals surface area contributed by atoms with Crippen LogP contribution in [0.5, 0.6) is 0 Å². The van der Waals surface area contributed by atoms with Gasteiger partial charge in [-0.25, -0.2) is 4.98 Å². The molecule has 138 valence electrons. The first-order valence-corrected chi connectivity index (χ1v) is 9.97. The molecule has 0 saturated heterocycles. The van der Waals surface area contributed by atoms with Crippen molar-refractivity contribution in [1.29, 1.82) is 0 Å². The number of hydrogen-bond acceptors (Lipinski definition) is 7. The number of nitrogens with one attached hydrogen (secondary N) is 1. The van der Waals surface area contributed by atoms with Gasteiger partial charge < -0.3 is 10.1 Å². The van der Waals surface area contributed by atoms with E-state index in [2.05, 4.69) is 21.6 Å². The van der Waals surface area contributed by atoms with E-state index in [1.807, 2.05) is 0 Å². The fraction of sp³-hybridized carbons (Fsp3) is 0.412. The second-order valence-electron chi connectivity index (χ2n) is 5.78. The van der Waals surface area contributed by atoms with Crippen molar-refractivity contribution in [3.05, 3.63) is 33.4 Å². The highest BCUT2D eigenvalue weighted by molar-refractivity contribution is 7.99. The van der Waals surface area contributed by atoms with Gasteiger partial charge in [-0.05, 0) is 24.8 Å². The molecular weight excluding hydrogens is 374 g/mol. The largest absolute Gasteiger partial charge is 0.468 e. The van der Waals surface area contributed by atoms with Crippen LogP contribution < -0.4 is 10.9 Å². The van der Waals surface area contributed by atoms with Crippen LogP contribution in [0.4, 0.5) is 0 Å². The Hall–Kier alpha value is -2.13. The molecule has 2 aromatic heterocycles. The van der Waals surface area contributed by atoms with Gasteiger partial charge in [0.05, 0.1) is 18.2 Å². The van der Waals surface area contributed by atoms with E-state index in [9.17, 15) is 14.4 Å². The molecule has 0 spiro atoms. The standard InChI is InChI=1S/C17H19N3O4S2/c1-3-7-20-16(23)14-10-5-4-6-11(10)26-15(14)19-17(20)25-9-12(21)18-8-13(22)24-2/h3H,1,4-9H2,2H3,(H,18,21). The number of fused-ring (bicyclic) bond motifs is 3. The Labute approximate surface area is 158 Å². The molecule has 0 aliphatic heterocycles. The Balaban J connectivity index is 1.84. The summed E-state index contributed by atoms with van der Waals surface area (Å²) in [5.41, 5.74) is 1.06. The summed E-state index contributed by atoms with van der Waals surface area (Å²) in [6, 6.07) is 0. The average molecular weight is 393 g/mol. The molecule has 0 radical (unpaired) electrons. The van der Waals surface area contributed by atoms with Crippen molar-refractivity contribution < 1.29 is 14.3 Å². The number of esters is 1. The Morgan fingerprint density at radius 2 is 2.27 bits per heavy atom. The lowest BCUT2D eigenvalue weighted by Gasteiger charge is -2.10. The molecule has 2 heterocycles. The summed E-state index contributed by atoms with van der Waals surface area (Å²) < 4.78 is 6.03. The van der Waals surface area contributed by atoms with Gasteiger partial charge in [-0.1, -0.05) is 17.8 Å². The highest BCUT2D eigenvalue weighted by Crippen LogP contribution is 2.35. The number of amides is 1. The second kappa shape index (κ2) is 8.05. The Kier molecular flexibility index (Phi) is 5.77. The number of ether oxygens (including phenoxy) is 1. The van der Waals surface area contributed by atoms with Gasteiger partial charge in [0.1, 0.15) is 11.4 Å². The van der Waals surface area contributed by atoms with Crippen molar-refractivity contribution >= 4 is 45.2 Å². The number of aromatic nitrogens is 2. The Bertz CT molecular complexity index is 932. The highest BCUT2D eigenvalue weighted by Gasteiger charge is 2.23. The van der Waals surface area contributed by atoms with Crippen molar-refractivity contribution in [2.45, 2.75) is 31.0 Å². The van der Waals surface area contributed by atoms with Crippen LogP contribution in [0.3, 0.4) is 0 Å². The van der Waals surface area contributed by atoms with Gasteiger partial charge >= 0.3 is 5.97 Å². The predicted molar refractivity (Wildman–Crippen MR) is 102 cm³/mol. The molecule has 26 heavy (non-hydrogen) atoms. The minimum Gasteiger partial charge on any atom is -0.468 e. The van der Waals surface area contributed by atoms with E-state index in [1.54, 1.807) is 22.0 Å². The second-order valence-corrected chi connectivity index (χ2v) is 7.80. The van der Waals surface area contributed by atoms with Crippen LogP contribution in [0.15, 0.2) is 22.6 Å². The normalized spacial score (nSPS) is 12.8. The average Bonchev–Trinajstić information content (AvgIpc) is 3.21. The number of aryl methyl sites for hydroxylation is 2. The number of carbonyl (C=O) groups excluding carboxylic acids is 2. The zero-order valence-corrected chi connectivity index (χ0v) is 16.0. The number of nitrogens with zero attached hydrogens (tertiary/aromatic N) is 2. The third kappa shape index (κ3) is 3.68. The Morgan fingerprint density at radius 3 is 3.00 bits per heavy atom. The van der Waals surface area contributed by atoms with E-state index in [4.69, 9.17) is 0 Å². The molecule has 2 aromatic rings. The number of hydrogen-bond donors (Lipinski definition) is 1. The van der Waals surface area contributed by atoms with Gasteiger partial charge in [0.15, 0.2) is 5.16 Å². The lowest BCUT2D eigenvalue weighted by molar-refractivity contribution is -0.140. The molecule has 0 aromatic carbocycles. The first kappa shape index (κ1) is 18.7. The van der Waals surface area contributed by atoms with E-state index in [1.165, 1.54) is 23.7 Å². The number of allylic oxidation sites excluding steroid dienone is 1. The van der Waals surface area contributed by atoms with Crippen LogP contribution in [0.25, 0.3) is 10.2 Å². The predicted octanol–water partition coefficient (Wildman–Crippen LogP) is 1.51. The molecule has 9 heteroatoms. The van der Waals surface area contributed by atoms with Gasteiger partial charge in [-0.3, -0.25) is 19.0 Å². The summed E-state index contributed by atoms with van der Waals surface area (Å²) in [7, 11) is 1.26. The zero-order valence-electron chi connectivity index (χ0n) is 14.4. The summed E-state index contributed by atoms with van der Waals surface area (Å²) >= 11 is 2.74. The Morgan fingerprint density at radius 1 is 1.46 bits per heavy atom. The minimum atomic E-state index is -0.514. The molecule has 0 saturated carbocycles. The van der Waals surface area contributed by atoms with E-state index < -0.39 is 5.97 Å². The minimum absolute atomic E-state index is 0.0528. The first-order chi connectivity index (χ1) is 12.5. The van der Waals surface area contributed by atoms with Crippen molar-refractivity contribution in [2.75, 3.05) is 19.4 Å². The maximum atomic E-state index is 13.0. The maximum absolute atomic E-state index is 13.0. The highest BCUT2D eigenvalue weighted by atomic mass is 32.2. The number of methoxy groups -OCH3 is 1. The van der Waals surface area contributed by atoms with E-state index >= 15 is 0 Å². The van der Waals surface area contributed by atoms with Crippen LogP contribution in [-0.2, 0) is 33.7 Å². The lowest BCUT2D eigenvalue weighted by atomic mass is 10.2. The maximum Gasteiger partial charge on any atom is 0.325 e. The fourth-order valence-corrected chi connectivity index (χ4v) is 5.02. The van der Waals surface area contributed by atoms with Crippen molar-refractivity contribution in [3.63, 3.8) is 0 Å². The number of thiophene rings is 1. The molecule has 1 N–H and O–H groups in total. The first-order valence-electron chi connectivity index (χ1n) is 8.17. The summed E-state index contributed by atoms with van der Waals surface area (Å²) in [5.74, 6) is -0.787. The van der Waals surface area contributed by atoms with Crippen LogP contribution in [0, 0.1) is 0 Å². The SMILES string of the molecule is C=CCn1c(SCC(=O)NCC(=O)OC)nc2sc3c(c2c1=O)CCC3. The number of thioether (sulfide) groups is 1.